The van der Waals surface area contributed by atoms with Crippen molar-refractivity contribution in [2.45, 2.75) is 57.4 Å². The summed E-state index contributed by atoms with van der Waals surface area (Å²) in [5.74, 6) is 0.633. The fourth-order valence-electron chi connectivity index (χ4n) is 4.00. The van der Waals surface area contributed by atoms with Gasteiger partial charge in [-0.15, -0.1) is 0 Å². The Balaban J connectivity index is 1.40. The maximum atomic E-state index is 12.9. The highest BCUT2D eigenvalue weighted by Crippen LogP contribution is 2.29. The second-order valence-electron chi connectivity index (χ2n) is 7.59. The minimum atomic E-state index is -2.21. The van der Waals surface area contributed by atoms with Crippen molar-refractivity contribution in [2.24, 2.45) is 5.92 Å². The van der Waals surface area contributed by atoms with E-state index in [1.807, 2.05) is 0 Å². The van der Waals surface area contributed by atoms with Crippen LogP contribution in [-0.4, -0.2) is 42.9 Å². The van der Waals surface area contributed by atoms with E-state index in [-0.39, 0.29) is 18.4 Å². The van der Waals surface area contributed by atoms with E-state index in [4.69, 9.17) is 0 Å². The van der Waals surface area contributed by atoms with Crippen molar-refractivity contribution in [3.8, 4) is 5.95 Å². The van der Waals surface area contributed by atoms with Gasteiger partial charge in [0.1, 0.15) is 6.33 Å². The summed E-state index contributed by atoms with van der Waals surface area (Å²) < 4.78 is 26.3. The van der Waals surface area contributed by atoms with Gasteiger partial charge in [-0.05, 0) is 44.1 Å². The first-order valence-electron chi connectivity index (χ1n) is 10.0. The predicted octanol–water partition coefficient (Wildman–Crippen LogP) is 3.87. The number of hydrogen-bond donors (Lipinski definition) is 2. The molecule has 0 radical (unpaired) electrons. The highest BCUT2D eigenvalue weighted by Gasteiger charge is 2.25. The van der Waals surface area contributed by atoms with Gasteiger partial charge in [-0.25, -0.2) is 23.7 Å². The second-order valence-corrected chi connectivity index (χ2v) is 7.59. The van der Waals surface area contributed by atoms with Crippen LogP contribution in [-0.2, 0) is 0 Å². The smallest absolute Gasteiger partial charge is 0.272 e. The molecule has 1 fully saturated rings. The number of aromatic amines is 1. The lowest BCUT2D eigenvalue weighted by atomic mass is 9.83. The van der Waals surface area contributed by atoms with Crippen molar-refractivity contribution in [3.05, 3.63) is 36.7 Å². The molecule has 4 rings (SSSR count). The van der Waals surface area contributed by atoms with Crippen LogP contribution in [0.5, 0.6) is 0 Å². The number of imidazole rings is 1. The molecule has 1 aliphatic rings. The molecule has 1 saturated carbocycles. The summed E-state index contributed by atoms with van der Waals surface area (Å²) in [6, 6.07) is 1.88. The molecular formula is C20H24F2N6O. The number of halogens is 2. The standard InChI is InChI=1S/C20H24F2N6O/c21-16(22)3-1-2-13-4-6-14(7-5-13)25-19(29)18-17-15(8-9-24-17)26-20(27-18)28-11-10-23-12-28/h8-14,16,24H,1-7H2,(H,25,29). The van der Waals surface area contributed by atoms with E-state index in [2.05, 4.69) is 25.3 Å². The number of amides is 1. The van der Waals surface area contributed by atoms with Gasteiger partial charge in [0.15, 0.2) is 5.69 Å². The van der Waals surface area contributed by atoms with Gasteiger partial charge in [0, 0.05) is 31.1 Å². The van der Waals surface area contributed by atoms with Crippen molar-refractivity contribution >= 4 is 16.9 Å². The number of rotatable bonds is 7. The highest BCUT2D eigenvalue weighted by atomic mass is 19.3. The van der Waals surface area contributed by atoms with Crippen LogP contribution in [0.1, 0.15) is 55.4 Å². The summed E-state index contributed by atoms with van der Waals surface area (Å²) in [6.45, 7) is 0. The van der Waals surface area contributed by atoms with E-state index in [0.29, 0.717) is 35.0 Å². The molecular weight excluding hydrogens is 378 g/mol. The van der Waals surface area contributed by atoms with E-state index in [0.717, 1.165) is 32.1 Å². The van der Waals surface area contributed by atoms with E-state index in [1.165, 1.54) is 0 Å². The van der Waals surface area contributed by atoms with Crippen LogP contribution in [0.25, 0.3) is 17.0 Å². The van der Waals surface area contributed by atoms with E-state index >= 15 is 0 Å². The minimum absolute atomic E-state index is 0.0181. The van der Waals surface area contributed by atoms with Gasteiger partial charge in [0.25, 0.3) is 5.91 Å². The Kier molecular flexibility index (Phi) is 5.82. The average molecular weight is 402 g/mol. The molecule has 7 nitrogen and oxygen atoms in total. The monoisotopic (exact) mass is 402 g/mol. The van der Waals surface area contributed by atoms with Crippen LogP contribution >= 0.6 is 0 Å². The Hall–Kier alpha value is -2.84. The number of hydrogen-bond acceptors (Lipinski definition) is 4. The quantitative estimate of drug-likeness (QED) is 0.628. The topological polar surface area (TPSA) is 88.5 Å². The van der Waals surface area contributed by atoms with Gasteiger partial charge in [0.2, 0.25) is 12.4 Å². The molecule has 1 aliphatic carbocycles. The van der Waals surface area contributed by atoms with Crippen molar-refractivity contribution < 1.29 is 13.6 Å². The normalized spacial score (nSPS) is 19.7. The summed E-state index contributed by atoms with van der Waals surface area (Å²) in [5.41, 5.74) is 1.58. The number of carbonyl (C=O) groups is 1. The van der Waals surface area contributed by atoms with Gasteiger partial charge < -0.3 is 10.3 Å². The molecule has 0 bridgehead atoms. The molecule has 29 heavy (non-hydrogen) atoms. The Labute approximate surface area is 167 Å². The second kappa shape index (κ2) is 8.67. The minimum Gasteiger partial charge on any atom is -0.358 e. The zero-order chi connectivity index (χ0) is 20.2. The number of aromatic nitrogens is 5. The van der Waals surface area contributed by atoms with Crippen molar-refractivity contribution in [2.75, 3.05) is 0 Å². The van der Waals surface area contributed by atoms with Crippen molar-refractivity contribution in [3.63, 3.8) is 0 Å². The number of alkyl halides is 2. The van der Waals surface area contributed by atoms with Crippen molar-refractivity contribution in [1.82, 2.24) is 29.8 Å². The van der Waals surface area contributed by atoms with Crippen LogP contribution in [0.4, 0.5) is 8.78 Å². The van der Waals surface area contributed by atoms with Gasteiger partial charge in [-0.1, -0.05) is 6.42 Å². The fourth-order valence-corrected chi connectivity index (χ4v) is 4.00. The number of H-pyrrole nitrogens is 1. The third kappa shape index (κ3) is 4.60. The molecule has 2 N–H and O–H groups in total. The van der Waals surface area contributed by atoms with E-state index in [9.17, 15) is 13.6 Å². The molecule has 0 aliphatic heterocycles. The van der Waals surface area contributed by atoms with Crippen LogP contribution < -0.4 is 5.32 Å². The number of nitrogens with one attached hydrogen (secondary N) is 2. The molecule has 0 unspecified atom stereocenters. The summed E-state index contributed by atoms with van der Waals surface area (Å²) in [7, 11) is 0. The molecule has 0 atom stereocenters. The molecule has 0 spiro atoms. The lowest BCUT2D eigenvalue weighted by Gasteiger charge is -2.29. The Morgan fingerprint density at radius 2 is 2.10 bits per heavy atom. The van der Waals surface area contributed by atoms with Crippen LogP contribution in [0.15, 0.2) is 31.0 Å². The lowest BCUT2D eigenvalue weighted by molar-refractivity contribution is 0.0914. The molecule has 0 saturated heterocycles. The van der Waals surface area contributed by atoms with Gasteiger partial charge in [-0.2, -0.15) is 0 Å². The summed E-state index contributed by atoms with van der Waals surface area (Å²) in [6.07, 6.45) is 9.49. The summed E-state index contributed by atoms with van der Waals surface area (Å²) in [5, 5.41) is 3.09. The zero-order valence-electron chi connectivity index (χ0n) is 16.0. The summed E-state index contributed by atoms with van der Waals surface area (Å²) >= 11 is 0. The van der Waals surface area contributed by atoms with Gasteiger partial charge in [0.05, 0.1) is 11.0 Å². The first-order valence-corrected chi connectivity index (χ1v) is 10.0. The van der Waals surface area contributed by atoms with E-state index in [1.54, 1.807) is 35.6 Å². The Morgan fingerprint density at radius 3 is 2.83 bits per heavy atom. The van der Waals surface area contributed by atoms with Gasteiger partial charge in [-0.3, -0.25) is 9.36 Å². The maximum absolute atomic E-state index is 12.9. The number of nitrogens with zero attached hydrogens (tertiary/aromatic N) is 4. The van der Waals surface area contributed by atoms with E-state index < -0.39 is 6.43 Å². The summed E-state index contributed by atoms with van der Waals surface area (Å²) in [4.78, 5) is 28.9. The van der Waals surface area contributed by atoms with Crippen LogP contribution in [0.3, 0.4) is 0 Å². The largest absolute Gasteiger partial charge is 0.358 e. The first kappa shape index (κ1) is 19.5. The molecule has 3 heterocycles. The molecule has 3 aromatic heterocycles. The number of carbonyl (C=O) groups excluding carboxylic acids is 1. The SMILES string of the molecule is O=C(NC1CCC(CCCC(F)F)CC1)c1nc(-n2ccnc2)nc2cc[nH]c12. The molecule has 154 valence electrons. The molecule has 0 aromatic carbocycles. The Morgan fingerprint density at radius 1 is 1.28 bits per heavy atom. The van der Waals surface area contributed by atoms with Crippen LogP contribution in [0, 0.1) is 5.92 Å². The highest BCUT2D eigenvalue weighted by molar-refractivity contribution is 6.03. The first-order chi connectivity index (χ1) is 14.1. The zero-order valence-corrected chi connectivity index (χ0v) is 16.0. The van der Waals surface area contributed by atoms with Gasteiger partial charge >= 0.3 is 0 Å². The molecule has 3 aromatic rings. The predicted molar refractivity (Wildman–Crippen MR) is 104 cm³/mol. The lowest BCUT2D eigenvalue weighted by Crippen LogP contribution is -2.38. The third-order valence-electron chi connectivity index (χ3n) is 5.56. The molecule has 1 amide bonds. The fraction of sp³-hybridized carbons (Fsp3) is 0.500. The van der Waals surface area contributed by atoms with Crippen LogP contribution in [0.2, 0.25) is 0 Å². The Bertz CT molecular complexity index is 947. The third-order valence-corrected chi connectivity index (χ3v) is 5.56. The molecule has 9 heteroatoms. The van der Waals surface area contributed by atoms with Crippen molar-refractivity contribution in [1.29, 1.82) is 0 Å². The average Bonchev–Trinajstić information content (AvgIpc) is 3.40. The maximum Gasteiger partial charge on any atom is 0.272 e. The number of fused-ring (bicyclic) bond motifs is 1.